The number of rotatable bonds is 4. The standard InChI is InChI=1S/C15H16FN5/c16-9-1-4-14-13(5-9)20-15(21(14)11-2-3-11)12(17)6-10-7-18-8-19-10/h1,4-5,7-8,11-12H,2-3,6,17H2,(H,18,19). The highest BCUT2D eigenvalue weighted by molar-refractivity contribution is 5.76. The molecule has 1 atom stereocenters. The molecule has 5 nitrogen and oxygen atoms in total. The van der Waals surface area contributed by atoms with E-state index in [1.807, 2.05) is 0 Å². The highest BCUT2D eigenvalue weighted by atomic mass is 19.1. The second-order valence-electron chi connectivity index (χ2n) is 5.59. The lowest BCUT2D eigenvalue weighted by Crippen LogP contribution is -2.19. The van der Waals surface area contributed by atoms with E-state index < -0.39 is 0 Å². The van der Waals surface area contributed by atoms with Crippen molar-refractivity contribution in [2.75, 3.05) is 0 Å². The predicted molar refractivity (Wildman–Crippen MR) is 77.2 cm³/mol. The smallest absolute Gasteiger partial charge is 0.127 e. The van der Waals surface area contributed by atoms with Crippen LogP contribution in [0.1, 0.15) is 36.4 Å². The highest BCUT2D eigenvalue weighted by Gasteiger charge is 2.30. The molecule has 0 saturated heterocycles. The summed E-state index contributed by atoms with van der Waals surface area (Å²) < 4.78 is 15.6. The Morgan fingerprint density at radius 2 is 2.29 bits per heavy atom. The maximum absolute atomic E-state index is 13.4. The second-order valence-corrected chi connectivity index (χ2v) is 5.59. The highest BCUT2D eigenvalue weighted by Crippen LogP contribution is 2.40. The molecule has 0 radical (unpaired) electrons. The molecule has 21 heavy (non-hydrogen) atoms. The van der Waals surface area contributed by atoms with Crippen LogP contribution in [0.3, 0.4) is 0 Å². The number of fused-ring (bicyclic) bond motifs is 1. The third-order valence-corrected chi connectivity index (χ3v) is 3.92. The van der Waals surface area contributed by atoms with Crippen molar-refractivity contribution in [3.63, 3.8) is 0 Å². The first-order chi connectivity index (χ1) is 10.2. The molecule has 1 saturated carbocycles. The number of hydrogen-bond donors (Lipinski definition) is 2. The first-order valence-corrected chi connectivity index (χ1v) is 7.12. The molecule has 1 aliphatic carbocycles. The molecule has 0 spiro atoms. The van der Waals surface area contributed by atoms with Gasteiger partial charge in [0, 0.05) is 30.4 Å². The third kappa shape index (κ3) is 2.21. The second kappa shape index (κ2) is 4.66. The fourth-order valence-electron chi connectivity index (χ4n) is 2.79. The summed E-state index contributed by atoms with van der Waals surface area (Å²) in [4.78, 5) is 11.6. The molecule has 1 aliphatic rings. The van der Waals surface area contributed by atoms with Crippen molar-refractivity contribution in [2.24, 2.45) is 5.73 Å². The van der Waals surface area contributed by atoms with Crippen LogP contribution in [0.4, 0.5) is 4.39 Å². The molecule has 108 valence electrons. The van der Waals surface area contributed by atoms with E-state index in [4.69, 9.17) is 5.73 Å². The van der Waals surface area contributed by atoms with E-state index in [0.717, 1.165) is 29.9 Å². The van der Waals surface area contributed by atoms with Crippen molar-refractivity contribution in [3.05, 3.63) is 48.1 Å². The molecule has 1 unspecified atom stereocenters. The lowest BCUT2D eigenvalue weighted by molar-refractivity contribution is 0.597. The number of aromatic amines is 1. The van der Waals surface area contributed by atoms with Gasteiger partial charge in [-0.3, -0.25) is 0 Å². The Kier molecular flexibility index (Phi) is 2.78. The van der Waals surface area contributed by atoms with Crippen molar-refractivity contribution < 1.29 is 4.39 Å². The van der Waals surface area contributed by atoms with Gasteiger partial charge in [-0.1, -0.05) is 0 Å². The zero-order valence-electron chi connectivity index (χ0n) is 11.5. The zero-order valence-corrected chi connectivity index (χ0v) is 11.5. The average molecular weight is 285 g/mol. The maximum atomic E-state index is 13.4. The van der Waals surface area contributed by atoms with Crippen molar-refractivity contribution in [1.29, 1.82) is 0 Å². The Labute approximate surface area is 121 Å². The molecule has 6 heteroatoms. The number of nitrogens with one attached hydrogen (secondary N) is 1. The molecule has 1 aromatic carbocycles. The SMILES string of the molecule is NC(Cc1cnc[nH]1)c1nc2cc(F)ccc2n1C1CC1. The van der Waals surface area contributed by atoms with Gasteiger partial charge in [0.1, 0.15) is 11.6 Å². The minimum Gasteiger partial charge on any atom is -0.348 e. The van der Waals surface area contributed by atoms with E-state index in [1.165, 1.54) is 12.1 Å². The van der Waals surface area contributed by atoms with Crippen LogP contribution in [0, 0.1) is 5.82 Å². The lowest BCUT2D eigenvalue weighted by atomic mass is 10.1. The molecule has 3 N–H and O–H groups in total. The summed E-state index contributed by atoms with van der Waals surface area (Å²) >= 11 is 0. The summed E-state index contributed by atoms with van der Waals surface area (Å²) in [5.74, 6) is 0.560. The summed E-state index contributed by atoms with van der Waals surface area (Å²) in [6.07, 6.45) is 6.31. The van der Waals surface area contributed by atoms with Crippen LogP contribution < -0.4 is 5.73 Å². The molecule has 2 heterocycles. The number of aromatic nitrogens is 4. The molecular formula is C15H16FN5. The first kappa shape index (κ1) is 12.5. The van der Waals surface area contributed by atoms with Crippen LogP contribution in [0.15, 0.2) is 30.7 Å². The fourth-order valence-corrected chi connectivity index (χ4v) is 2.79. The van der Waals surface area contributed by atoms with Gasteiger partial charge in [-0.05, 0) is 25.0 Å². The average Bonchev–Trinajstić information content (AvgIpc) is 3.03. The summed E-state index contributed by atoms with van der Waals surface area (Å²) in [6.45, 7) is 0. The normalized spacial score (nSPS) is 16.5. The van der Waals surface area contributed by atoms with Crippen molar-refractivity contribution in [2.45, 2.75) is 31.3 Å². The summed E-state index contributed by atoms with van der Waals surface area (Å²) in [5.41, 5.74) is 8.95. The van der Waals surface area contributed by atoms with Gasteiger partial charge >= 0.3 is 0 Å². The topological polar surface area (TPSA) is 72.5 Å². The molecule has 0 bridgehead atoms. The number of halogens is 1. The Morgan fingerprint density at radius 1 is 1.43 bits per heavy atom. The fraction of sp³-hybridized carbons (Fsp3) is 0.333. The van der Waals surface area contributed by atoms with Crippen LogP contribution in [0.2, 0.25) is 0 Å². The van der Waals surface area contributed by atoms with Gasteiger partial charge in [0.15, 0.2) is 0 Å². The summed E-state index contributed by atoms with van der Waals surface area (Å²) in [5, 5.41) is 0. The molecule has 3 aromatic rings. The molecule has 0 aliphatic heterocycles. The van der Waals surface area contributed by atoms with Gasteiger partial charge in [-0.15, -0.1) is 0 Å². The van der Waals surface area contributed by atoms with E-state index in [0.29, 0.717) is 18.0 Å². The van der Waals surface area contributed by atoms with Gasteiger partial charge in [-0.25, -0.2) is 14.4 Å². The van der Waals surface area contributed by atoms with E-state index in [-0.39, 0.29) is 11.9 Å². The Bertz CT molecular complexity index is 773. The van der Waals surface area contributed by atoms with Gasteiger partial charge in [0.05, 0.1) is 23.4 Å². The first-order valence-electron chi connectivity index (χ1n) is 7.12. The van der Waals surface area contributed by atoms with Gasteiger partial charge < -0.3 is 15.3 Å². The number of hydrogen-bond acceptors (Lipinski definition) is 3. The van der Waals surface area contributed by atoms with Crippen LogP contribution in [0.5, 0.6) is 0 Å². The number of nitrogens with zero attached hydrogens (tertiary/aromatic N) is 3. The molecule has 4 rings (SSSR count). The van der Waals surface area contributed by atoms with Crippen molar-refractivity contribution >= 4 is 11.0 Å². The Hall–Kier alpha value is -2.21. The summed E-state index contributed by atoms with van der Waals surface area (Å²) in [6, 6.07) is 4.96. The van der Waals surface area contributed by atoms with Gasteiger partial charge in [0.2, 0.25) is 0 Å². The third-order valence-electron chi connectivity index (χ3n) is 3.92. The molecular weight excluding hydrogens is 269 g/mol. The molecule has 0 amide bonds. The van der Waals surface area contributed by atoms with Crippen LogP contribution >= 0.6 is 0 Å². The summed E-state index contributed by atoms with van der Waals surface area (Å²) in [7, 11) is 0. The van der Waals surface area contributed by atoms with Crippen molar-refractivity contribution in [3.8, 4) is 0 Å². The monoisotopic (exact) mass is 285 g/mol. The number of imidazole rings is 2. The van der Waals surface area contributed by atoms with E-state index in [9.17, 15) is 4.39 Å². The Balaban J connectivity index is 1.77. The van der Waals surface area contributed by atoms with E-state index in [1.54, 1.807) is 18.6 Å². The van der Waals surface area contributed by atoms with E-state index >= 15 is 0 Å². The lowest BCUT2D eigenvalue weighted by Gasteiger charge is -2.13. The van der Waals surface area contributed by atoms with Crippen LogP contribution in [-0.4, -0.2) is 19.5 Å². The van der Waals surface area contributed by atoms with Gasteiger partial charge in [0.25, 0.3) is 0 Å². The molecule has 2 aromatic heterocycles. The number of benzene rings is 1. The predicted octanol–water partition coefficient (Wildman–Crippen LogP) is 2.48. The molecule has 1 fully saturated rings. The maximum Gasteiger partial charge on any atom is 0.127 e. The van der Waals surface area contributed by atoms with E-state index in [2.05, 4.69) is 19.5 Å². The quantitative estimate of drug-likeness (QED) is 0.773. The minimum absolute atomic E-state index is 0.235. The number of H-pyrrole nitrogens is 1. The van der Waals surface area contributed by atoms with Crippen LogP contribution in [0.25, 0.3) is 11.0 Å². The van der Waals surface area contributed by atoms with Crippen LogP contribution in [-0.2, 0) is 6.42 Å². The largest absolute Gasteiger partial charge is 0.348 e. The minimum atomic E-state index is -0.267. The zero-order chi connectivity index (χ0) is 14.4. The van der Waals surface area contributed by atoms with Gasteiger partial charge in [-0.2, -0.15) is 0 Å². The number of nitrogens with two attached hydrogens (primary N) is 1. The van der Waals surface area contributed by atoms with Crippen molar-refractivity contribution in [1.82, 2.24) is 19.5 Å². The Morgan fingerprint density at radius 3 is 3.00 bits per heavy atom.